The molecular weight excluding hydrogens is 367 g/mol. The number of aromatic nitrogens is 3. The number of halogens is 2. The topological polar surface area (TPSA) is 87.7 Å². The summed E-state index contributed by atoms with van der Waals surface area (Å²) in [5.41, 5.74) is 2.88. The Bertz CT molecular complexity index is 1070. The third-order valence-electron chi connectivity index (χ3n) is 4.40. The summed E-state index contributed by atoms with van der Waals surface area (Å²) < 4.78 is 40.9. The van der Waals surface area contributed by atoms with Gasteiger partial charge in [-0.15, -0.1) is 0 Å². The molecule has 4 rings (SSSR count). The van der Waals surface area contributed by atoms with Crippen molar-refractivity contribution in [3.63, 3.8) is 0 Å². The first kappa shape index (κ1) is 16.4. The highest BCUT2D eigenvalue weighted by Crippen LogP contribution is 2.28. The molecule has 1 aromatic carbocycles. The first-order valence-corrected chi connectivity index (χ1v) is 9.57. The number of hydrogen-bond acceptors (Lipinski definition) is 4. The maximum atomic E-state index is 13.1. The van der Waals surface area contributed by atoms with Crippen LogP contribution < -0.4 is 4.72 Å². The van der Waals surface area contributed by atoms with Crippen LogP contribution in [0.4, 0.5) is 4.39 Å². The van der Waals surface area contributed by atoms with Gasteiger partial charge in [0.2, 0.25) is 10.0 Å². The van der Waals surface area contributed by atoms with Gasteiger partial charge in [-0.25, -0.2) is 22.5 Å². The molecule has 2 heterocycles. The molecule has 1 atom stereocenters. The molecule has 0 radical (unpaired) electrons. The molecule has 0 spiro atoms. The van der Waals surface area contributed by atoms with E-state index in [1.165, 1.54) is 6.07 Å². The van der Waals surface area contributed by atoms with E-state index in [4.69, 9.17) is 11.6 Å². The molecule has 130 valence electrons. The highest BCUT2D eigenvalue weighted by molar-refractivity contribution is 7.89. The third kappa shape index (κ3) is 3.01. The average Bonchev–Trinajstić information content (AvgIpc) is 3.02. The van der Waals surface area contributed by atoms with Crippen LogP contribution in [-0.2, 0) is 22.9 Å². The molecule has 1 aliphatic rings. The quantitative estimate of drug-likeness (QED) is 0.731. The second-order valence-electron chi connectivity index (χ2n) is 6.03. The number of fused-ring (bicyclic) bond motifs is 3. The Morgan fingerprint density at radius 2 is 2.16 bits per heavy atom. The molecule has 0 aliphatic heterocycles. The monoisotopic (exact) mass is 380 g/mol. The van der Waals surface area contributed by atoms with Gasteiger partial charge >= 0.3 is 0 Å². The van der Waals surface area contributed by atoms with Crippen LogP contribution in [0.1, 0.15) is 17.5 Å². The Morgan fingerprint density at radius 1 is 1.32 bits per heavy atom. The van der Waals surface area contributed by atoms with Crippen molar-refractivity contribution in [3.8, 4) is 0 Å². The van der Waals surface area contributed by atoms with E-state index >= 15 is 0 Å². The largest absolute Gasteiger partial charge is 0.261 e. The SMILES string of the molecule is O=S(=O)(NC1CCc2c(cnc3[nH]ncc23)C1)c1ccc(F)cc1Cl. The number of benzene rings is 1. The Morgan fingerprint density at radius 3 is 2.96 bits per heavy atom. The van der Waals surface area contributed by atoms with Gasteiger partial charge in [0.1, 0.15) is 10.7 Å². The van der Waals surface area contributed by atoms with Crippen molar-refractivity contribution in [2.75, 3.05) is 0 Å². The predicted molar refractivity (Wildman–Crippen MR) is 91.4 cm³/mol. The summed E-state index contributed by atoms with van der Waals surface area (Å²) in [5, 5.41) is 7.67. The van der Waals surface area contributed by atoms with Gasteiger partial charge in [0.05, 0.1) is 11.2 Å². The molecule has 1 aliphatic carbocycles. The number of H-pyrrole nitrogens is 1. The molecule has 2 aromatic heterocycles. The van der Waals surface area contributed by atoms with Crippen molar-refractivity contribution in [1.82, 2.24) is 19.9 Å². The van der Waals surface area contributed by atoms with Gasteiger partial charge in [-0.3, -0.25) is 5.10 Å². The number of sulfonamides is 1. The minimum Gasteiger partial charge on any atom is -0.261 e. The van der Waals surface area contributed by atoms with Crippen molar-refractivity contribution in [2.24, 2.45) is 0 Å². The summed E-state index contributed by atoms with van der Waals surface area (Å²) in [7, 11) is -3.83. The van der Waals surface area contributed by atoms with Crippen LogP contribution >= 0.6 is 11.6 Å². The molecule has 0 amide bonds. The average molecular weight is 381 g/mol. The van der Waals surface area contributed by atoms with E-state index < -0.39 is 15.8 Å². The lowest BCUT2D eigenvalue weighted by atomic mass is 9.88. The Labute approximate surface area is 148 Å². The van der Waals surface area contributed by atoms with Crippen LogP contribution in [0.5, 0.6) is 0 Å². The van der Waals surface area contributed by atoms with E-state index in [2.05, 4.69) is 19.9 Å². The molecule has 0 fully saturated rings. The van der Waals surface area contributed by atoms with E-state index in [0.717, 1.165) is 40.7 Å². The van der Waals surface area contributed by atoms with Gasteiger partial charge in [0, 0.05) is 17.6 Å². The van der Waals surface area contributed by atoms with E-state index in [0.29, 0.717) is 12.8 Å². The lowest BCUT2D eigenvalue weighted by molar-refractivity contribution is 0.508. The van der Waals surface area contributed by atoms with Crippen molar-refractivity contribution < 1.29 is 12.8 Å². The molecule has 6 nitrogen and oxygen atoms in total. The minimum atomic E-state index is -3.83. The van der Waals surface area contributed by atoms with E-state index in [-0.39, 0.29) is 16.0 Å². The molecule has 1 unspecified atom stereocenters. The van der Waals surface area contributed by atoms with Crippen molar-refractivity contribution in [3.05, 3.63) is 52.6 Å². The van der Waals surface area contributed by atoms with Crippen molar-refractivity contribution >= 4 is 32.7 Å². The summed E-state index contributed by atoms with van der Waals surface area (Å²) in [6, 6.07) is 2.97. The van der Waals surface area contributed by atoms with Gasteiger partial charge in [-0.05, 0) is 48.6 Å². The third-order valence-corrected chi connectivity index (χ3v) is 6.40. The number of rotatable bonds is 3. The lowest BCUT2D eigenvalue weighted by Crippen LogP contribution is -2.39. The molecule has 9 heteroatoms. The maximum absolute atomic E-state index is 13.1. The Kier molecular flexibility index (Phi) is 3.98. The van der Waals surface area contributed by atoms with Crippen LogP contribution in [0.2, 0.25) is 5.02 Å². The maximum Gasteiger partial charge on any atom is 0.242 e. The van der Waals surface area contributed by atoms with Gasteiger partial charge in [-0.1, -0.05) is 11.6 Å². The molecule has 0 saturated heterocycles. The minimum absolute atomic E-state index is 0.121. The van der Waals surface area contributed by atoms with E-state index in [9.17, 15) is 12.8 Å². The second kappa shape index (κ2) is 6.05. The number of aromatic amines is 1. The van der Waals surface area contributed by atoms with Crippen LogP contribution in [0.15, 0.2) is 35.5 Å². The molecular formula is C16H14ClFN4O2S. The van der Waals surface area contributed by atoms with Crippen LogP contribution in [-0.4, -0.2) is 29.6 Å². The lowest BCUT2D eigenvalue weighted by Gasteiger charge is -2.25. The number of nitrogens with one attached hydrogen (secondary N) is 2. The normalized spacial score (nSPS) is 17.6. The molecule has 3 aromatic rings. The molecule has 0 saturated carbocycles. The first-order valence-electron chi connectivity index (χ1n) is 7.71. The van der Waals surface area contributed by atoms with Crippen molar-refractivity contribution in [2.45, 2.75) is 30.2 Å². The Hall–Kier alpha value is -2.03. The highest BCUT2D eigenvalue weighted by atomic mass is 35.5. The highest BCUT2D eigenvalue weighted by Gasteiger charge is 2.27. The van der Waals surface area contributed by atoms with Gasteiger partial charge in [-0.2, -0.15) is 5.10 Å². The first-order chi connectivity index (χ1) is 11.9. The summed E-state index contributed by atoms with van der Waals surface area (Å²) in [6.07, 6.45) is 5.39. The second-order valence-corrected chi connectivity index (χ2v) is 8.12. The molecule has 25 heavy (non-hydrogen) atoms. The van der Waals surface area contributed by atoms with E-state index in [1.54, 1.807) is 12.4 Å². The van der Waals surface area contributed by atoms with Crippen LogP contribution in [0, 0.1) is 5.82 Å². The predicted octanol–water partition coefficient (Wildman–Crippen LogP) is 2.59. The zero-order chi connectivity index (χ0) is 17.6. The molecule has 0 bridgehead atoms. The fraction of sp³-hybridized carbons (Fsp3) is 0.250. The summed E-state index contributed by atoms with van der Waals surface area (Å²) >= 11 is 5.89. The number of hydrogen-bond donors (Lipinski definition) is 2. The summed E-state index contributed by atoms with van der Waals surface area (Å²) in [6.45, 7) is 0. The molecule has 2 N–H and O–H groups in total. The van der Waals surface area contributed by atoms with Crippen LogP contribution in [0.25, 0.3) is 11.0 Å². The van der Waals surface area contributed by atoms with Crippen molar-refractivity contribution in [1.29, 1.82) is 0 Å². The summed E-state index contributed by atoms with van der Waals surface area (Å²) in [5.74, 6) is -0.578. The fourth-order valence-corrected chi connectivity index (χ4v) is 5.03. The van der Waals surface area contributed by atoms with Crippen LogP contribution in [0.3, 0.4) is 0 Å². The van der Waals surface area contributed by atoms with Gasteiger partial charge in [0.15, 0.2) is 5.65 Å². The Balaban J connectivity index is 1.59. The number of nitrogens with zero attached hydrogens (tertiary/aromatic N) is 2. The number of pyridine rings is 1. The zero-order valence-electron chi connectivity index (χ0n) is 13.0. The van der Waals surface area contributed by atoms with Gasteiger partial charge in [0.25, 0.3) is 0 Å². The summed E-state index contributed by atoms with van der Waals surface area (Å²) in [4.78, 5) is 4.19. The zero-order valence-corrected chi connectivity index (χ0v) is 14.5. The van der Waals surface area contributed by atoms with E-state index in [1.807, 2.05) is 0 Å². The van der Waals surface area contributed by atoms with Gasteiger partial charge < -0.3 is 0 Å². The number of aryl methyl sites for hydroxylation is 1. The smallest absolute Gasteiger partial charge is 0.242 e. The standard InChI is InChI=1S/C16H14ClFN4O2S/c17-14-6-10(18)1-4-15(14)25(23,24)22-11-2-3-12-9(5-11)7-19-16-13(12)8-20-21-16/h1,4,6-8,11,22H,2-3,5H2,(H,19,20,21). The fourth-order valence-electron chi connectivity index (χ4n) is 3.23.